The van der Waals surface area contributed by atoms with Gasteiger partial charge in [0, 0.05) is 16.0 Å². The van der Waals surface area contributed by atoms with E-state index in [9.17, 15) is 9.59 Å². The van der Waals surface area contributed by atoms with Gasteiger partial charge in [-0.2, -0.15) is 0 Å². The van der Waals surface area contributed by atoms with Gasteiger partial charge in [0.2, 0.25) is 0 Å². The van der Waals surface area contributed by atoms with Crippen LogP contribution in [-0.2, 0) is 4.79 Å². The molecule has 1 saturated carbocycles. The summed E-state index contributed by atoms with van der Waals surface area (Å²) in [5.41, 5.74) is 0.575. The van der Waals surface area contributed by atoms with Crippen LogP contribution in [0.4, 0.5) is 0 Å². The summed E-state index contributed by atoms with van der Waals surface area (Å²) in [4.78, 5) is 22.5. The molecule has 78 valence electrons. The summed E-state index contributed by atoms with van der Waals surface area (Å²) in [6.07, 6.45) is 0.468. The third-order valence-electron chi connectivity index (χ3n) is 2.58. The molecule has 1 aliphatic rings. The third kappa shape index (κ3) is 1.95. The average Bonchev–Trinajstić information content (AvgIpc) is 2.97. The van der Waals surface area contributed by atoms with E-state index < -0.39 is 11.9 Å². The summed E-state index contributed by atoms with van der Waals surface area (Å²) >= 11 is 3.28. The molecule has 1 aromatic rings. The Balaban J connectivity index is 2.17. The Labute approximate surface area is 95.2 Å². The molecule has 0 amide bonds. The third-order valence-corrected chi connectivity index (χ3v) is 3.28. The molecular weight excluding hydrogens is 260 g/mol. The Kier molecular flexibility index (Phi) is 2.61. The molecule has 0 bridgehead atoms. The molecule has 0 radical (unpaired) electrons. The summed E-state index contributed by atoms with van der Waals surface area (Å²) in [7, 11) is 0. The van der Waals surface area contributed by atoms with E-state index >= 15 is 0 Å². The van der Waals surface area contributed by atoms with Crippen LogP contribution in [0.5, 0.6) is 0 Å². The number of benzene rings is 1. The van der Waals surface area contributed by atoms with Crippen molar-refractivity contribution in [2.75, 3.05) is 0 Å². The predicted molar refractivity (Wildman–Crippen MR) is 57.7 cm³/mol. The average molecular weight is 269 g/mol. The Morgan fingerprint density at radius 2 is 1.93 bits per heavy atom. The molecule has 15 heavy (non-hydrogen) atoms. The van der Waals surface area contributed by atoms with Crippen LogP contribution in [0.25, 0.3) is 0 Å². The quantitative estimate of drug-likeness (QED) is 0.857. The fraction of sp³-hybridized carbons (Fsp3) is 0.273. The second-order valence-electron chi connectivity index (χ2n) is 3.63. The molecule has 3 nitrogen and oxygen atoms in total. The number of Topliss-reactive ketones (excluding diaryl/α,β-unsaturated/α-hetero) is 1. The number of carboxylic acid groups (broad SMARTS) is 1. The lowest BCUT2D eigenvalue weighted by Gasteiger charge is -2.01. The summed E-state index contributed by atoms with van der Waals surface area (Å²) in [6, 6.07) is 7.09. The number of halogens is 1. The van der Waals surface area contributed by atoms with Crippen molar-refractivity contribution in [2.45, 2.75) is 6.42 Å². The Morgan fingerprint density at radius 1 is 1.27 bits per heavy atom. The Morgan fingerprint density at radius 3 is 2.47 bits per heavy atom. The molecule has 1 aliphatic carbocycles. The van der Waals surface area contributed by atoms with Gasteiger partial charge in [0.15, 0.2) is 5.78 Å². The standard InChI is InChI=1S/C11H9BrO3/c12-9-4-2-1-3-6(9)10(13)7-5-8(7)11(14)15/h1-4,7-8H,5H2,(H,14,15). The largest absolute Gasteiger partial charge is 0.481 e. The van der Waals surface area contributed by atoms with Crippen molar-refractivity contribution in [2.24, 2.45) is 11.8 Å². The normalized spacial score (nSPS) is 23.5. The van der Waals surface area contributed by atoms with Gasteiger partial charge in [0.05, 0.1) is 5.92 Å². The van der Waals surface area contributed by atoms with Gasteiger partial charge in [-0.25, -0.2) is 0 Å². The molecule has 1 N–H and O–H groups in total. The zero-order valence-corrected chi connectivity index (χ0v) is 9.40. The van der Waals surface area contributed by atoms with Crippen molar-refractivity contribution in [3.63, 3.8) is 0 Å². The smallest absolute Gasteiger partial charge is 0.307 e. The molecule has 2 rings (SSSR count). The molecule has 2 unspecified atom stereocenters. The van der Waals surface area contributed by atoms with Crippen LogP contribution in [-0.4, -0.2) is 16.9 Å². The maximum Gasteiger partial charge on any atom is 0.307 e. The predicted octanol–water partition coefficient (Wildman–Crippen LogP) is 2.35. The van der Waals surface area contributed by atoms with E-state index in [1.807, 2.05) is 6.07 Å². The Bertz CT molecular complexity index is 428. The van der Waals surface area contributed by atoms with Crippen LogP contribution in [0.3, 0.4) is 0 Å². The monoisotopic (exact) mass is 268 g/mol. The first-order valence-electron chi connectivity index (χ1n) is 4.63. The lowest BCUT2D eigenvalue weighted by molar-refractivity contribution is -0.138. The van der Waals surface area contributed by atoms with Crippen LogP contribution in [0.1, 0.15) is 16.8 Å². The second kappa shape index (κ2) is 3.77. The van der Waals surface area contributed by atoms with Gasteiger partial charge in [0.25, 0.3) is 0 Å². The van der Waals surface area contributed by atoms with E-state index in [-0.39, 0.29) is 11.7 Å². The van der Waals surface area contributed by atoms with Gasteiger partial charge < -0.3 is 5.11 Å². The highest BCUT2D eigenvalue weighted by Crippen LogP contribution is 2.41. The topological polar surface area (TPSA) is 54.4 Å². The maximum absolute atomic E-state index is 11.8. The summed E-state index contributed by atoms with van der Waals surface area (Å²) in [6.45, 7) is 0. The van der Waals surface area contributed by atoms with E-state index in [1.54, 1.807) is 18.2 Å². The molecule has 0 saturated heterocycles. The number of ketones is 1. The molecule has 0 spiro atoms. The zero-order chi connectivity index (χ0) is 11.0. The van der Waals surface area contributed by atoms with Crippen LogP contribution >= 0.6 is 15.9 Å². The van der Waals surface area contributed by atoms with E-state index in [2.05, 4.69) is 15.9 Å². The minimum absolute atomic E-state index is 0.0742. The lowest BCUT2D eigenvalue weighted by atomic mass is 10.1. The van der Waals surface area contributed by atoms with E-state index in [4.69, 9.17) is 5.11 Å². The van der Waals surface area contributed by atoms with Gasteiger partial charge >= 0.3 is 5.97 Å². The number of carbonyl (C=O) groups is 2. The van der Waals surface area contributed by atoms with Crippen molar-refractivity contribution < 1.29 is 14.7 Å². The van der Waals surface area contributed by atoms with Gasteiger partial charge in [-0.05, 0) is 12.5 Å². The maximum atomic E-state index is 11.8. The molecule has 0 aliphatic heterocycles. The first kappa shape index (κ1) is 10.4. The summed E-state index contributed by atoms with van der Waals surface area (Å²) in [5, 5.41) is 8.72. The van der Waals surface area contributed by atoms with Crippen molar-refractivity contribution in [3.05, 3.63) is 34.3 Å². The molecule has 4 heteroatoms. The van der Waals surface area contributed by atoms with Crippen molar-refractivity contribution in [1.82, 2.24) is 0 Å². The first-order chi connectivity index (χ1) is 7.11. The zero-order valence-electron chi connectivity index (χ0n) is 7.81. The fourth-order valence-corrected chi connectivity index (χ4v) is 2.10. The number of carbonyl (C=O) groups excluding carboxylic acids is 1. The summed E-state index contributed by atoms with van der Waals surface area (Å²) < 4.78 is 0.728. The van der Waals surface area contributed by atoms with Crippen molar-refractivity contribution >= 4 is 27.7 Å². The molecule has 1 fully saturated rings. The minimum Gasteiger partial charge on any atom is -0.481 e. The molecule has 0 aromatic heterocycles. The highest BCUT2D eigenvalue weighted by molar-refractivity contribution is 9.10. The molecule has 0 heterocycles. The van der Waals surface area contributed by atoms with E-state index in [1.165, 1.54) is 0 Å². The van der Waals surface area contributed by atoms with Crippen molar-refractivity contribution in [3.8, 4) is 0 Å². The summed E-state index contributed by atoms with van der Waals surface area (Å²) in [5.74, 6) is -1.76. The van der Waals surface area contributed by atoms with Crippen LogP contribution in [0, 0.1) is 11.8 Å². The lowest BCUT2D eigenvalue weighted by Crippen LogP contribution is -2.08. The minimum atomic E-state index is -0.875. The highest BCUT2D eigenvalue weighted by atomic mass is 79.9. The number of hydrogen-bond acceptors (Lipinski definition) is 2. The molecular formula is C11H9BrO3. The number of hydrogen-bond donors (Lipinski definition) is 1. The number of carboxylic acids is 1. The van der Waals surface area contributed by atoms with Gasteiger partial charge in [-0.15, -0.1) is 0 Å². The number of rotatable bonds is 3. The number of aliphatic carboxylic acids is 1. The van der Waals surface area contributed by atoms with E-state index in [0.717, 1.165) is 4.47 Å². The van der Waals surface area contributed by atoms with Crippen molar-refractivity contribution in [1.29, 1.82) is 0 Å². The van der Waals surface area contributed by atoms with Crippen LogP contribution in [0.2, 0.25) is 0 Å². The molecule has 1 aromatic carbocycles. The van der Waals surface area contributed by atoms with E-state index in [0.29, 0.717) is 12.0 Å². The fourth-order valence-electron chi connectivity index (χ4n) is 1.62. The first-order valence-corrected chi connectivity index (χ1v) is 5.42. The van der Waals surface area contributed by atoms with Gasteiger partial charge in [-0.3, -0.25) is 9.59 Å². The van der Waals surface area contributed by atoms with Crippen LogP contribution < -0.4 is 0 Å². The Hall–Kier alpha value is -1.16. The van der Waals surface area contributed by atoms with Crippen LogP contribution in [0.15, 0.2) is 28.7 Å². The highest BCUT2D eigenvalue weighted by Gasteiger charge is 2.48. The van der Waals surface area contributed by atoms with Gasteiger partial charge in [0.1, 0.15) is 0 Å². The van der Waals surface area contributed by atoms with Gasteiger partial charge in [-0.1, -0.05) is 34.1 Å². The second-order valence-corrected chi connectivity index (χ2v) is 4.49. The SMILES string of the molecule is O=C(O)C1CC1C(=O)c1ccccc1Br. The molecule has 2 atom stereocenters.